The lowest BCUT2D eigenvalue weighted by Gasteiger charge is -2.31. The van der Waals surface area contributed by atoms with Crippen LogP contribution in [-0.2, 0) is 0 Å². The van der Waals surface area contributed by atoms with Crippen molar-refractivity contribution in [1.29, 1.82) is 0 Å². The zero-order valence-corrected chi connectivity index (χ0v) is 17.0. The van der Waals surface area contributed by atoms with Gasteiger partial charge in [0.25, 0.3) is 5.56 Å². The predicted octanol–water partition coefficient (Wildman–Crippen LogP) is 4.85. The van der Waals surface area contributed by atoms with Gasteiger partial charge in [0.2, 0.25) is 0 Å². The van der Waals surface area contributed by atoms with Crippen LogP contribution in [0.1, 0.15) is 37.6 Å². The van der Waals surface area contributed by atoms with E-state index >= 15 is 4.39 Å². The van der Waals surface area contributed by atoms with Crippen LogP contribution in [0.4, 0.5) is 8.78 Å². The Balaban J connectivity index is 1.45. The highest BCUT2D eigenvalue weighted by molar-refractivity contribution is 5.89. The lowest BCUT2D eigenvalue weighted by molar-refractivity contribution is 0.282. The summed E-state index contributed by atoms with van der Waals surface area (Å²) in [7, 11) is 0. The number of fused-ring (bicyclic) bond motifs is 2. The summed E-state index contributed by atoms with van der Waals surface area (Å²) in [6.07, 6.45) is 5.78. The summed E-state index contributed by atoms with van der Waals surface area (Å²) < 4.78 is 36.8. The highest BCUT2D eigenvalue weighted by Gasteiger charge is 2.46. The van der Waals surface area contributed by atoms with E-state index in [0.29, 0.717) is 28.0 Å². The number of hydrogen-bond acceptors (Lipinski definition) is 4. The van der Waals surface area contributed by atoms with Crippen LogP contribution in [0, 0.1) is 18.6 Å². The quantitative estimate of drug-likeness (QED) is 0.503. The van der Waals surface area contributed by atoms with Crippen molar-refractivity contribution in [2.75, 3.05) is 6.54 Å². The van der Waals surface area contributed by atoms with Gasteiger partial charge in [-0.15, -0.1) is 0 Å². The number of aryl methyl sites for hydroxylation is 1. The first-order chi connectivity index (χ1) is 14.9. The number of oxazole rings is 1. The first-order valence-corrected chi connectivity index (χ1v) is 10.6. The maximum atomic E-state index is 15.2. The van der Waals surface area contributed by atoms with Crippen LogP contribution in [0.25, 0.3) is 33.0 Å². The van der Waals surface area contributed by atoms with Crippen LogP contribution < -0.4 is 10.9 Å². The maximum absolute atomic E-state index is 15.2. The normalized spacial score (nSPS) is 20.0. The third-order valence-corrected chi connectivity index (χ3v) is 6.72. The molecule has 0 radical (unpaired) electrons. The van der Waals surface area contributed by atoms with Crippen molar-refractivity contribution >= 4 is 21.9 Å². The number of nitrogens with zero attached hydrogens (tertiary/aromatic N) is 2. The van der Waals surface area contributed by atoms with Gasteiger partial charge in [-0.1, -0.05) is 0 Å². The molecule has 2 aromatic carbocycles. The van der Waals surface area contributed by atoms with Crippen molar-refractivity contribution in [2.45, 2.75) is 44.2 Å². The largest absolute Gasteiger partial charge is 0.441 e. The molecular formula is C24H21F2N3O2. The van der Waals surface area contributed by atoms with Crippen LogP contribution in [0.5, 0.6) is 0 Å². The minimum Gasteiger partial charge on any atom is -0.441 e. The van der Waals surface area contributed by atoms with Gasteiger partial charge in [0, 0.05) is 24.7 Å². The van der Waals surface area contributed by atoms with E-state index in [4.69, 9.17) is 4.42 Å². The summed E-state index contributed by atoms with van der Waals surface area (Å²) in [6, 6.07) is 7.83. The Hall–Kier alpha value is -3.06. The lowest BCUT2D eigenvalue weighted by atomic mass is 9.96. The van der Waals surface area contributed by atoms with Gasteiger partial charge in [0.05, 0.1) is 5.39 Å². The number of benzene rings is 2. The van der Waals surface area contributed by atoms with Gasteiger partial charge >= 0.3 is 0 Å². The van der Waals surface area contributed by atoms with E-state index in [1.165, 1.54) is 12.1 Å². The number of rotatable bonds is 2. The monoisotopic (exact) mass is 421 g/mol. The molecule has 1 saturated carbocycles. The fourth-order valence-electron chi connectivity index (χ4n) is 4.96. The second-order valence-electron chi connectivity index (χ2n) is 8.84. The van der Waals surface area contributed by atoms with Gasteiger partial charge in [0.1, 0.15) is 11.3 Å². The summed E-state index contributed by atoms with van der Waals surface area (Å²) in [6.45, 7) is 2.51. The molecule has 158 valence electrons. The Morgan fingerprint density at radius 3 is 2.74 bits per heavy atom. The van der Waals surface area contributed by atoms with Crippen LogP contribution in [0.2, 0.25) is 0 Å². The molecule has 2 aromatic heterocycles. The van der Waals surface area contributed by atoms with E-state index in [2.05, 4.69) is 10.3 Å². The number of nitrogens with one attached hydrogen (secondary N) is 1. The van der Waals surface area contributed by atoms with Crippen LogP contribution >= 0.6 is 0 Å². The first kappa shape index (κ1) is 18.7. The topological polar surface area (TPSA) is 60.1 Å². The van der Waals surface area contributed by atoms with Crippen molar-refractivity contribution in [3.63, 3.8) is 0 Å². The maximum Gasteiger partial charge on any atom is 0.261 e. The number of pyridine rings is 1. The highest BCUT2D eigenvalue weighted by atomic mass is 19.1. The van der Waals surface area contributed by atoms with E-state index in [1.807, 2.05) is 0 Å². The van der Waals surface area contributed by atoms with Crippen molar-refractivity contribution in [1.82, 2.24) is 14.9 Å². The zero-order chi connectivity index (χ0) is 21.3. The Morgan fingerprint density at radius 1 is 1.16 bits per heavy atom. The standard InChI is InChI=1S/C24H21F2N3O2/c1-13-28-22-19(26)10-16(11-20(22)31-13)15-8-14-3-7-29(23(30)21(14)18(25)9-15)17-2-6-27-24(12-17)4-5-24/h3,7-11,17,27H,2,4-6,12H2,1H3. The van der Waals surface area contributed by atoms with Crippen molar-refractivity contribution in [3.05, 3.63) is 64.4 Å². The van der Waals surface area contributed by atoms with E-state index in [1.54, 1.807) is 35.9 Å². The Kier molecular flexibility index (Phi) is 3.90. The molecule has 1 saturated heterocycles. The fraction of sp³-hybridized carbons (Fsp3) is 0.333. The molecule has 1 unspecified atom stereocenters. The average Bonchev–Trinajstić information content (AvgIpc) is 3.35. The highest BCUT2D eigenvalue weighted by Crippen LogP contribution is 2.45. The molecule has 1 aliphatic heterocycles. The minimum absolute atomic E-state index is 0.0749. The Morgan fingerprint density at radius 2 is 1.94 bits per heavy atom. The van der Waals surface area contributed by atoms with Gasteiger partial charge in [-0.05, 0) is 79.1 Å². The SMILES string of the molecule is Cc1nc2c(F)cc(-c3cc(F)c4c(=O)n(C5CCNC6(CC6)C5)ccc4c3)cc2o1. The fourth-order valence-corrected chi connectivity index (χ4v) is 4.96. The number of piperidine rings is 1. The third-order valence-electron chi connectivity index (χ3n) is 6.72. The second-order valence-corrected chi connectivity index (χ2v) is 8.84. The molecule has 6 rings (SSSR count). The lowest BCUT2D eigenvalue weighted by Crippen LogP contribution is -2.42. The average molecular weight is 421 g/mol. The smallest absolute Gasteiger partial charge is 0.261 e. The van der Waals surface area contributed by atoms with Crippen molar-refractivity contribution in [2.24, 2.45) is 0 Å². The summed E-state index contributed by atoms with van der Waals surface area (Å²) in [5.74, 6) is -0.765. The number of halogens is 2. The molecule has 1 atom stereocenters. The third kappa shape index (κ3) is 2.98. The van der Waals surface area contributed by atoms with Crippen LogP contribution in [-0.4, -0.2) is 21.6 Å². The Bertz CT molecular complexity index is 1420. The molecule has 1 N–H and O–H groups in total. The summed E-state index contributed by atoms with van der Waals surface area (Å²) >= 11 is 0. The van der Waals surface area contributed by atoms with Crippen molar-refractivity contribution < 1.29 is 13.2 Å². The van der Waals surface area contributed by atoms with Gasteiger partial charge in [-0.2, -0.15) is 0 Å². The Labute approximate surface area is 176 Å². The van der Waals surface area contributed by atoms with Crippen molar-refractivity contribution in [3.8, 4) is 11.1 Å². The molecular weight excluding hydrogens is 400 g/mol. The molecule has 0 bridgehead atoms. The molecule has 4 aromatic rings. The molecule has 1 spiro atoms. The second kappa shape index (κ2) is 6.47. The van der Waals surface area contributed by atoms with E-state index < -0.39 is 11.6 Å². The molecule has 2 aliphatic rings. The van der Waals surface area contributed by atoms with Gasteiger partial charge < -0.3 is 14.3 Å². The van der Waals surface area contributed by atoms with Crippen LogP contribution in [0.15, 0.2) is 45.7 Å². The summed E-state index contributed by atoms with van der Waals surface area (Å²) in [4.78, 5) is 17.2. The van der Waals surface area contributed by atoms with E-state index in [9.17, 15) is 9.18 Å². The van der Waals surface area contributed by atoms with Gasteiger partial charge in [0.15, 0.2) is 17.3 Å². The molecule has 2 fully saturated rings. The summed E-state index contributed by atoms with van der Waals surface area (Å²) in [5, 5.41) is 4.13. The number of hydrogen-bond donors (Lipinski definition) is 1. The summed E-state index contributed by atoms with van der Waals surface area (Å²) in [5.41, 5.74) is 1.28. The molecule has 5 nitrogen and oxygen atoms in total. The zero-order valence-electron chi connectivity index (χ0n) is 17.0. The first-order valence-electron chi connectivity index (χ1n) is 10.6. The predicted molar refractivity (Wildman–Crippen MR) is 114 cm³/mol. The molecule has 0 amide bonds. The molecule has 3 heterocycles. The molecule has 7 heteroatoms. The minimum atomic E-state index is -0.601. The van der Waals surface area contributed by atoms with E-state index in [-0.39, 0.29) is 28.0 Å². The van der Waals surface area contributed by atoms with Crippen LogP contribution in [0.3, 0.4) is 0 Å². The molecule has 1 aliphatic carbocycles. The van der Waals surface area contributed by atoms with Gasteiger partial charge in [-0.25, -0.2) is 13.8 Å². The van der Waals surface area contributed by atoms with Gasteiger partial charge in [-0.3, -0.25) is 4.79 Å². The number of aromatic nitrogens is 2. The molecule has 31 heavy (non-hydrogen) atoms. The van der Waals surface area contributed by atoms with E-state index in [0.717, 1.165) is 32.2 Å².